The molecule has 1 aromatic heterocycles. The number of alkyl halides is 3. The lowest BCUT2D eigenvalue weighted by Gasteiger charge is -2.13. The lowest BCUT2D eigenvalue weighted by Crippen LogP contribution is -2.28. The number of rotatable bonds is 3. The molecule has 0 atom stereocenters. The van der Waals surface area contributed by atoms with Crippen molar-refractivity contribution in [3.8, 4) is 16.3 Å². The van der Waals surface area contributed by atoms with Gasteiger partial charge in [0.25, 0.3) is 5.91 Å². The van der Waals surface area contributed by atoms with Crippen molar-refractivity contribution in [3.63, 3.8) is 0 Å². The molecular weight excluding hydrogens is 341 g/mol. The zero-order valence-corrected chi connectivity index (χ0v) is 13.7. The Kier molecular flexibility index (Phi) is 4.49. The van der Waals surface area contributed by atoms with E-state index in [4.69, 9.17) is 0 Å². The molecule has 0 unspecified atom stereocenters. The van der Waals surface area contributed by atoms with Crippen LogP contribution in [0.25, 0.3) is 10.6 Å². The SMILES string of the molecule is Cc1sc(-c2ccc(OC(F)(F)F)cc2)nc1C(=O)N1CCCC1. The van der Waals surface area contributed by atoms with E-state index in [1.807, 2.05) is 6.92 Å². The number of benzene rings is 1. The molecular formula is C16H15F3N2O2S. The van der Waals surface area contributed by atoms with Gasteiger partial charge in [-0.05, 0) is 44.0 Å². The van der Waals surface area contributed by atoms with Gasteiger partial charge in [0.15, 0.2) is 0 Å². The Morgan fingerprint density at radius 3 is 2.42 bits per heavy atom. The van der Waals surface area contributed by atoms with Gasteiger partial charge in [0.05, 0.1) is 0 Å². The molecule has 1 aromatic carbocycles. The summed E-state index contributed by atoms with van der Waals surface area (Å²) in [5.74, 6) is -0.364. The van der Waals surface area contributed by atoms with Crippen molar-refractivity contribution >= 4 is 17.2 Å². The fourth-order valence-electron chi connectivity index (χ4n) is 2.59. The highest BCUT2D eigenvalue weighted by Crippen LogP contribution is 2.31. The van der Waals surface area contributed by atoms with E-state index in [0.717, 1.165) is 30.8 Å². The number of aromatic nitrogens is 1. The second kappa shape index (κ2) is 6.43. The Morgan fingerprint density at radius 1 is 1.21 bits per heavy atom. The molecule has 1 aliphatic rings. The quantitative estimate of drug-likeness (QED) is 0.826. The summed E-state index contributed by atoms with van der Waals surface area (Å²) in [7, 11) is 0. The van der Waals surface area contributed by atoms with Gasteiger partial charge in [0.1, 0.15) is 16.5 Å². The molecule has 24 heavy (non-hydrogen) atoms. The third-order valence-electron chi connectivity index (χ3n) is 3.73. The van der Waals surface area contributed by atoms with E-state index in [2.05, 4.69) is 9.72 Å². The second-order valence-electron chi connectivity index (χ2n) is 5.50. The first-order valence-corrected chi connectivity index (χ1v) is 8.28. The van der Waals surface area contributed by atoms with E-state index >= 15 is 0 Å². The number of hydrogen-bond donors (Lipinski definition) is 0. The van der Waals surface area contributed by atoms with Crippen LogP contribution >= 0.6 is 11.3 Å². The van der Waals surface area contributed by atoms with Crippen molar-refractivity contribution in [2.24, 2.45) is 0 Å². The number of ether oxygens (including phenoxy) is 1. The minimum absolute atomic E-state index is 0.0791. The normalized spacial score (nSPS) is 14.9. The molecule has 0 radical (unpaired) electrons. The van der Waals surface area contributed by atoms with Gasteiger partial charge in [-0.25, -0.2) is 4.98 Å². The Balaban J connectivity index is 1.80. The van der Waals surface area contributed by atoms with Gasteiger partial charge < -0.3 is 9.64 Å². The zero-order valence-electron chi connectivity index (χ0n) is 12.9. The number of hydrogen-bond acceptors (Lipinski definition) is 4. The van der Waals surface area contributed by atoms with Crippen molar-refractivity contribution in [2.45, 2.75) is 26.1 Å². The number of nitrogens with zero attached hydrogens (tertiary/aromatic N) is 2. The van der Waals surface area contributed by atoms with Gasteiger partial charge in [0.2, 0.25) is 0 Å². The number of aryl methyl sites for hydroxylation is 1. The Labute approximate surface area is 140 Å². The topological polar surface area (TPSA) is 42.4 Å². The molecule has 4 nitrogen and oxygen atoms in total. The van der Waals surface area contributed by atoms with Crippen LogP contribution in [0.5, 0.6) is 5.75 Å². The van der Waals surface area contributed by atoms with Gasteiger partial charge in [-0.3, -0.25) is 4.79 Å². The van der Waals surface area contributed by atoms with Crippen LogP contribution in [0.2, 0.25) is 0 Å². The molecule has 0 bridgehead atoms. The highest BCUT2D eigenvalue weighted by Gasteiger charge is 2.31. The minimum atomic E-state index is -4.71. The Morgan fingerprint density at radius 2 is 1.83 bits per heavy atom. The lowest BCUT2D eigenvalue weighted by molar-refractivity contribution is -0.274. The van der Waals surface area contributed by atoms with Crippen LogP contribution in [0.3, 0.4) is 0 Å². The standard InChI is InChI=1S/C16H15F3N2O2S/c1-10-13(15(22)21-8-2-3-9-21)20-14(24-10)11-4-6-12(7-5-11)23-16(17,18)19/h4-7H,2-3,8-9H2,1H3. The van der Waals surface area contributed by atoms with E-state index in [0.29, 0.717) is 16.3 Å². The van der Waals surface area contributed by atoms with Gasteiger partial charge in [-0.2, -0.15) is 0 Å². The van der Waals surface area contributed by atoms with E-state index in [1.165, 1.54) is 35.6 Å². The fraction of sp³-hybridized carbons (Fsp3) is 0.375. The number of thiazole rings is 1. The van der Waals surface area contributed by atoms with Gasteiger partial charge >= 0.3 is 6.36 Å². The van der Waals surface area contributed by atoms with Crippen molar-refractivity contribution in [1.82, 2.24) is 9.88 Å². The molecule has 1 fully saturated rings. The lowest BCUT2D eigenvalue weighted by atomic mass is 10.2. The fourth-order valence-corrected chi connectivity index (χ4v) is 3.50. The highest BCUT2D eigenvalue weighted by atomic mass is 32.1. The molecule has 1 aliphatic heterocycles. The number of likely N-dealkylation sites (tertiary alicyclic amines) is 1. The molecule has 0 spiro atoms. The molecule has 3 rings (SSSR count). The van der Waals surface area contributed by atoms with Crippen molar-refractivity contribution < 1.29 is 22.7 Å². The molecule has 8 heteroatoms. The molecule has 128 valence electrons. The van der Waals surface area contributed by atoms with Crippen LogP contribution < -0.4 is 4.74 Å². The van der Waals surface area contributed by atoms with E-state index in [9.17, 15) is 18.0 Å². The molecule has 2 aromatic rings. The third-order valence-corrected chi connectivity index (χ3v) is 4.75. The van der Waals surface area contributed by atoms with Crippen molar-refractivity contribution in [3.05, 3.63) is 34.8 Å². The van der Waals surface area contributed by atoms with Gasteiger partial charge in [-0.1, -0.05) is 0 Å². The van der Waals surface area contributed by atoms with Crippen LogP contribution in [-0.4, -0.2) is 35.2 Å². The smallest absolute Gasteiger partial charge is 0.406 e. The summed E-state index contributed by atoms with van der Waals surface area (Å²) < 4.78 is 40.4. The number of halogens is 3. The van der Waals surface area contributed by atoms with Crippen LogP contribution in [0.15, 0.2) is 24.3 Å². The maximum absolute atomic E-state index is 12.4. The maximum atomic E-state index is 12.4. The molecule has 1 amide bonds. The third kappa shape index (κ3) is 3.69. The molecule has 0 N–H and O–H groups in total. The van der Waals surface area contributed by atoms with Crippen molar-refractivity contribution in [1.29, 1.82) is 0 Å². The predicted molar refractivity (Wildman–Crippen MR) is 84.1 cm³/mol. The van der Waals surface area contributed by atoms with E-state index in [1.54, 1.807) is 4.90 Å². The van der Waals surface area contributed by atoms with Crippen LogP contribution in [0, 0.1) is 6.92 Å². The molecule has 0 saturated carbocycles. The van der Waals surface area contributed by atoms with Crippen LogP contribution in [-0.2, 0) is 0 Å². The van der Waals surface area contributed by atoms with Crippen LogP contribution in [0.1, 0.15) is 28.2 Å². The highest BCUT2D eigenvalue weighted by molar-refractivity contribution is 7.15. The molecule has 0 aliphatic carbocycles. The number of carbonyl (C=O) groups excluding carboxylic acids is 1. The number of carbonyl (C=O) groups is 1. The molecule has 2 heterocycles. The van der Waals surface area contributed by atoms with E-state index in [-0.39, 0.29) is 11.7 Å². The summed E-state index contributed by atoms with van der Waals surface area (Å²) in [5.41, 5.74) is 1.07. The molecule has 1 saturated heterocycles. The maximum Gasteiger partial charge on any atom is 0.573 e. The minimum Gasteiger partial charge on any atom is -0.406 e. The first kappa shape index (κ1) is 16.8. The average Bonchev–Trinajstić information content (AvgIpc) is 3.15. The zero-order chi connectivity index (χ0) is 17.3. The first-order valence-electron chi connectivity index (χ1n) is 7.46. The summed E-state index contributed by atoms with van der Waals surface area (Å²) >= 11 is 1.35. The van der Waals surface area contributed by atoms with Gasteiger partial charge in [-0.15, -0.1) is 24.5 Å². The summed E-state index contributed by atoms with van der Waals surface area (Å²) in [4.78, 5) is 19.4. The van der Waals surface area contributed by atoms with Gasteiger partial charge in [0, 0.05) is 23.5 Å². The Bertz CT molecular complexity index is 735. The summed E-state index contributed by atoms with van der Waals surface area (Å²) in [6.07, 6.45) is -2.71. The van der Waals surface area contributed by atoms with E-state index < -0.39 is 6.36 Å². The summed E-state index contributed by atoms with van der Waals surface area (Å²) in [6.45, 7) is 3.31. The first-order chi connectivity index (χ1) is 11.3. The van der Waals surface area contributed by atoms with Crippen molar-refractivity contribution in [2.75, 3.05) is 13.1 Å². The monoisotopic (exact) mass is 356 g/mol. The predicted octanol–water partition coefficient (Wildman–Crippen LogP) is 4.25. The average molecular weight is 356 g/mol. The summed E-state index contributed by atoms with van der Waals surface area (Å²) in [5, 5.41) is 0.605. The largest absolute Gasteiger partial charge is 0.573 e. The number of amides is 1. The Hall–Kier alpha value is -2.09. The second-order valence-corrected chi connectivity index (χ2v) is 6.70. The summed E-state index contributed by atoms with van der Waals surface area (Å²) in [6, 6.07) is 5.48. The van der Waals surface area contributed by atoms with Crippen LogP contribution in [0.4, 0.5) is 13.2 Å².